The van der Waals surface area contributed by atoms with Crippen LogP contribution < -0.4 is 14.8 Å². The number of halogens is 1. The summed E-state index contributed by atoms with van der Waals surface area (Å²) in [5.41, 5.74) is 3.22. The minimum absolute atomic E-state index is 0.00818. The van der Waals surface area contributed by atoms with Crippen molar-refractivity contribution in [1.29, 1.82) is 0 Å². The van der Waals surface area contributed by atoms with E-state index in [1.807, 2.05) is 24.0 Å². The molecule has 2 aromatic carbocycles. The average Bonchev–Trinajstić information content (AvgIpc) is 3.26. The van der Waals surface area contributed by atoms with Crippen LogP contribution in [0.15, 0.2) is 71.9 Å². The van der Waals surface area contributed by atoms with Crippen molar-refractivity contribution < 1.29 is 43.2 Å². The van der Waals surface area contributed by atoms with Crippen molar-refractivity contribution in [3.8, 4) is 11.5 Å². The molecule has 342 valence electrons. The molecule has 0 bridgehead atoms. The molecule has 1 fully saturated rings. The number of aliphatic hydroxyl groups is 2. The van der Waals surface area contributed by atoms with Gasteiger partial charge in [-0.2, -0.15) is 0 Å². The molecule has 5 rings (SSSR count). The Labute approximate surface area is 369 Å². The normalized spacial score (nSPS) is 23.1. The molecule has 0 radical (unpaired) electrons. The Morgan fingerprint density at radius 1 is 0.952 bits per heavy atom. The molecule has 0 saturated heterocycles. The summed E-state index contributed by atoms with van der Waals surface area (Å²) in [6.45, 7) is 8.97. The monoisotopic (exact) mass is 862 g/mol. The lowest BCUT2D eigenvalue weighted by molar-refractivity contribution is -0.258. The van der Waals surface area contributed by atoms with Crippen LogP contribution >= 0.6 is 0 Å². The van der Waals surface area contributed by atoms with Crippen LogP contribution in [0.3, 0.4) is 0 Å². The molecule has 62 heavy (non-hydrogen) atoms. The van der Waals surface area contributed by atoms with Crippen molar-refractivity contribution in [1.82, 2.24) is 10.2 Å². The fourth-order valence-corrected chi connectivity index (χ4v) is 10.00. The van der Waals surface area contributed by atoms with Crippen molar-refractivity contribution in [3.05, 3.63) is 83.7 Å². The summed E-state index contributed by atoms with van der Waals surface area (Å²) in [5, 5.41) is 27.2. The fourth-order valence-electron chi connectivity index (χ4n) is 10.00. The average molecular weight is 862 g/mol. The molecule has 2 aliphatic carbocycles. The number of amides is 2. The minimum atomic E-state index is -1.44. The van der Waals surface area contributed by atoms with Gasteiger partial charge >= 0.3 is 6.09 Å². The number of ether oxygens (including phenoxy) is 3. The van der Waals surface area contributed by atoms with Gasteiger partial charge in [0, 0.05) is 50.6 Å². The summed E-state index contributed by atoms with van der Waals surface area (Å²) in [6.07, 6.45) is 18.6. The summed E-state index contributed by atoms with van der Waals surface area (Å²) < 4.78 is 34.5. The number of allylic oxidation sites excluding steroid dienone is 1. The number of fused-ring (bicyclic) bond motifs is 2. The molecule has 1 aliphatic heterocycles. The van der Waals surface area contributed by atoms with Crippen molar-refractivity contribution >= 4 is 17.7 Å². The van der Waals surface area contributed by atoms with Crippen LogP contribution in [0.25, 0.3) is 0 Å². The van der Waals surface area contributed by atoms with Crippen LogP contribution in [0, 0.1) is 23.6 Å². The first kappa shape index (κ1) is 48.8. The lowest BCUT2D eigenvalue weighted by atomic mass is 9.55. The number of rotatable bonds is 27. The Kier molecular flexibility index (Phi) is 19.8. The van der Waals surface area contributed by atoms with Gasteiger partial charge in [-0.15, -0.1) is 6.58 Å². The highest BCUT2D eigenvalue weighted by Crippen LogP contribution is 2.62. The van der Waals surface area contributed by atoms with E-state index in [0.717, 1.165) is 68.1 Å². The number of unbranched alkanes of at least 4 members (excludes halogenated alkanes) is 10. The summed E-state index contributed by atoms with van der Waals surface area (Å²) in [6, 6.07) is 11.0. The number of carbonyl (C=O) groups excluding carboxylic acids is 2. The van der Waals surface area contributed by atoms with Gasteiger partial charge in [-0.3, -0.25) is 4.79 Å². The first-order chi connectivity index (χ1) is 30.2. The molecule has 3 N–H and O–H groups in total. The number of carbonyl (C=O) groups is 2. The van der Waals surface area contributed by atoms with Crippen LogP contribution in [-0.2, 0) is 20.9 Å². The first-order valence-corrected chi connectivity index (χ1v) is 23.4. The molecule has 1 saturated carbocycles. The van der Waals surface area contributed by atoms with Crippen molar-refractivity contribution in [2.75, 3.05) is 33.5 Å². The minimum Gasteiger partial charge on any atom is -0.459 e. The molecule has 2 amide bonds. The van der Waals surface area contributed by atoms with Crippen molar-refractivity contribution in [2.45, 2.75) is 147 Å². The lowest BCUT2D eigenvalue weighted by Gasteiger charge is -2.60. The Morgan fingerprint density at radius 3 is 2.31 bits per heavy atom. The zero-order valence-electron chi connectivity index (χ0n) is 37.5. The third-order valence-electron chi connectivity index (χ3n) is 12.8. The number of hydrogen-bond acceptors (Lipinski definition) is 9. The van der Waals surface area contributed by atoms with E-state index in [1.54, 1.807) is 24.3 Å². The molecular formula is C50H72FN3O8. The maximum atomic E-state index is 14.9. The third kappa shape index (κ3) is 12.5. The predicted molar refractivity (Wildman–Crippen MR) is 240 cm³/mol. The Hall–Kier alpha value is -4.26. The van der Waals surface area contributed by atoms with Crippen LogP contribution in [0.2, 0.25) is 0 Å². The Balaban J connectivity index is 1.66. The van der Waals surface area contributed by atoms with Gasteiger partial charge in [0.1, 0.15) is 30.5 Å². The number of oxime groups is 1. The maximum Gasteiger partial charge on any atom is 0.412 e. The van der Waals surface area contributed by atoms with Crippen LogP contribution in [0.1, 0.15) is 140 Å². The quantitative estimate of drug-likeness (QED) is 0.0459. The molecule has 6 atom stereocenters. The highest BCUT2D eigenvalue weighted by molar-refractivity contribution is 6.03. The zero-order valence-corrected chi connectivity index (χ0v) is 37.5. The van der Waals surface area contributed by atoms with E-state index in [1.165, 1.54) is 51.3 Å². The van der Waals surface area contributed by atoms with Crippen LogP contribution in [0.4, 0.5) is 9.18 Å². The Bertz CT molecular complexity index is 1790. The molecule has 0 spiro atoms. The van der Waals surface area contributed by atoms with Crippen LogP contribution in [0.5, 0.6) is 11.5 Å². The Morgan fingerprint density at radius 2 is 1.65 bits per heavy atom. The maximum absolute atomic E-state index is 14.9. The van der Waals surface area contributed by atoms with Gasteiger partial charge in [0.05, 0.1) is 18.2 Å². The molecule has 0 unspecified atom stereocenters. The number of benzene rings is 2. The highest BCUT2D eigenvalue weighted by atomic mass is 19.1. The smallest absolute Gasteiger partial charge is 0.412 e. The van der Waals surface area contributed by atoms with Gasteiger partial charge < -0.3 is 39.5 Å². The summed E-state index contributed by atoms with van der Waals surface area (Å²) in [5.74, 6) is -1.64. The van der Waals surface area contributed by atoms with E-state index in [2.05, 4.69) is 30.1 Å². The standard InChI is InChI=1S/C50H72FN3O8/c1-5-8-9-10-11-12-13-14-15-22-46(57)54(35-36-23-25-38(51)26-24-36)45-34-43(53-59-4)41-32-37(20-16-18-29-55)40(21-17-19-30-56)47-42-33-39(61-49(58)52-7-3)27-28-44(42)62-50(45,48(41)47)60-31-6-2/h6,23-28,32-33,37,40,45,47-48,55-56H,2,5,7-22,29-31,34-35H2,1,3-4H3,(H,52,58)/t37-,40+,45-,47+,48+,50+/m0/s1. The van der Waals surface area contributed by atoms with Gasteiger partial charge in [-0.1, -0.05) is 101 Å². The van der Waals surface area contributed by atoms with Gasteiger partial charge in [-0.25, -0.2) is 9.18 Å². The number of nitrogens with zero attached hydrogens (tertiary/aromatic N) is 2. The zero-order chi connectivity index (χ0) is 44.3. The predicted octanol–water partition coefficient (Wildman–Crippen LogP) is 10.1. The largest absolute Gasteiger partial charge is 0.459 e. The molecule has 11 nitrogen and oxygen atoms in total. The molecular weight excluding hydrogens is 790 g/mol. The first-order valence-electron chi connectivity index (χ1n) is 23.4. The molecule has 3 aliphatic rings. The van der Waals surface area contributed by atoms with E-state index in [-0.39, 0.29) is 62.3 Å². The second-order valence-corrected chi connectivity index (χ2v) is 17.1. The van der Waals surface area contributed by atoms with E-state index >= 15 is 0 Å². The van der Waals surface area contributed by atoms with E-state index in [9.17, 15) is 24.2 Å². The summed E-state index contributed by atoms with van der Waals surface area (Å²) >= 11 is 0. The van der Waals surface area contributed by atoms with E-state index in [4.69, 9.17) is 19.0 Å². The number of nitrogens with one attached hydrogen (secondary N) is 1. The van der Waals surface area contributed by atoms with Gasteiger partial charge in [0.2, 0.25) is 11.7 Å². The van der Waals surface area contributed by atoms with Gasteiger partial charge in [0.25, 0.3) is 0 Å². The van der Waals surface area contributed by atoms with Crippen LogP contribution in [-0.4, -0.2) is 78.1 Å². The number of hydrogen-bond donors (Lipinski definition) is 3. The SMILES string of the molecule is C=CCO[C@@]12Oc3ccc(OC(=O)NCC)cc3[C@H]3[C@H](CCCCO)[C@@H](CCCCO)C=C(C(=NOC)C[C@@H]1N(Cc1ccc(F)cc1)C(=O)CCCCCCCCCCC)[C@H]32. The third-order valence-corrected chi connectivity index (χ3v) is 12.8. The summed E-state index contributed by atoms with van der Waals surface area (Å²) in [4.78, 5) is 35.1. The van der Waals surface area contributed by atoms with E-state index < -0.39 is 23.8 Å². The molecule has 2 aromatic rings. The molecule has 12 heteroatoms. The van der Waals surface area contributed by atoms with Gasteiger partial charge in [0.15, 0.2) is 0 Å². The number of aliphatic hydroxyl groups excluding tert-OH is 2. The molecule has 1 heterocycles. The van der Waals surface area contributed by atoms with Crippen molar-refractivity contribution in [3.63, 3.8) is 0 Å². The van der Waals surface area contributed by atoms with E-state index in [0.29, 0.717) is 43.0 Å². The highest BCUT2D eigenvalue weighted by Gasteiger charge is 2.65. The topological polar surface area (TPSA) is 139 Å². The fraction of sp³-hybridized carbons (Fsp3) is 0.620. The second-order valence-electron chi connectivity index (χ2n) is 17.1. The lowest BCUT2D eigenvalue weighted by Crippen LogP contribution is -2.70. The van der Waals surface area contributed by atoms with Gasteiger partial charge in [-0.05, 0) is 92.3 Å². The summed E-state index contributed by atoms with van der Waals surface area (Å²) in [7, 11) is 1.53. The second kappa shape index (κ2) is 25.1. The molecule has 0 aromatic heterocycles. The van der Waals surface area contributed by atoms with Crippen molar-refractivity contribution in [2.24, 2.45) is 22.9 Å².